The maximum Gasteiger partial charge on any atom is 0.231 e. The number of rotatable bonds is 3. The fraction of sp³-hybridized carbons (Fsp3) is 0.625. The molecule has 0 aliphatic heterocycles. The van der Waals surface area contributed by atoms with Gasteiger partial charge in [-0.25, -0.2) is 0 Å². The van der Waals surface area contributed by atoms with Crippen LogP contribution in [-0.4, -0.2) is 35.1 Å². The standard InChI is InChI=1S/C8H14ClN5/c1-5(2)14(4)8-12-6(9)11-7(10-3)13-8/h5H,1-4H3,(H,10,11,12,13). The van der Waals surface area contributed by atoms with E-state index >= 15 is 0 Å². The van der Waals surface area contributed by atoms with Gasteiger partial charge in [0, 0.05) is 20.1 Å². The van der Waals surface area contributed by atoms with Crippen LogP contribution in [0.5, 0.6) is 0 Å². The predicted octanol–water partition coefficient (Wildman–Crippen LogP) is 1.41. The van der Waals surface area contributed by atoms with Crippen LogP contribution in [0, 0.1) is 0 Å². The molecule has 0 bridgehead atoms. The average molecular weight is 216 g/mol. The Hall–Kier alpha value is -1.10. The molecular weight excluding hydrogens is 202 g/mol. The SMILES string of the molecule is CNc1nc(Cl)nc(N(C)C(C)C)n1. The minimum absolute atomic E-state index is 0.201. The van der Waals surface area contributed by atoms with Gasteiger partial charge in [0.05, 0.1) is 0 Å². The molecule has 0 atom stereocenters. The van der Waals surface area contributed by atoms with E-state index in [0.717, 1.165) is 0 Å². The Morgan fingerprint density at radius 3 is 2.43 bits per heavy atom. The van der Waals surface area contributed by atoms with Crippen molar-refractivity contribution in [3.63, 3.8) is 0 Å². The predicted molar refractivity (Wildman–Crippen MR) is 57.9 cm³/mol. The molecule has 78 valence electrons. The van der Waals surface area contributed by atoms with E-state index in [9.17, 15) is 0 Å². The zero-order valence-corrected chi connectivity index (χ0v) is 9.50. The highest BCUT2D eigenvalue weighted by Crippen LogP contribution is 2.13. The van der Waals surface area contributed by atoms with E-state index in [2.05, 4.69) is 34.1 Å². The van der Waals surface area contributed by atoms with Crippen LogP contribution in [0.2, 0.25) is 5.28 Å². The van der Waals surface area contributed by atoms with Gasteiger partial charge >= 0.3 is 0 Å². The van der Waals surface area contributed by atoms with Crippen LogP contribution in [0.1, 0.15) is 13.8 Å². The number of halogens is 1. The number of nitrogens with one attached hydrogen (secondary N) is 1. The monoisotopic (exact) mass is 215 g/mol. The van der Waals surface area contributed by atoms with Crippen molar-refractivity contribution < 1.29 is 0 Å². The van der Waals surface area contributed by atoms with Gasteiger partial charge in [-0.3, -0.25) is 0 Å². The van der Waals surface area contributed by atoms with Crippen LogP contribution in [-0.2, 0) is 0 Å². The summed E-state index contributed by atoms with van der Waals surface area (Å²) in [6, 6.07) is 0.318. The summed E-state index contributed by atoms with van der Waals surface area (Å²) in [6.07, 6.45) is 0. The molecular formula is C8H14ClN5. The lowest BCUT2D eigenvalue weighted by molar-refractivity contribution is 0.726. The number of hydrogen-bond donors (Lipinski definition) is 1. The van der Waals surface area contributed by atoms with Crippen molar-refractivity contribution >= 4 is 23.5 Å². The molecule has 14 heavy (non-hydrogen) atoms. The second kappa shape index (κ2) is 4.41. The van der Waals surface area contributed by atoms with E-state index in [1.807, 2.05) is 11.9 Å². The molecule has 0 aromatic carbocycles. The zero-order chi connectivity index (χ0) is 10.7. The van der Waals surface area contributed by atoms with Gasteiger partial charge in [-0.1, -0.05) is 0 Å². The van der Waals surface area contributed by atoms with E-state index in [-0.39, 0.29) is 5.28 Å². The summed E-state index contributed by atoms with van der Waals surface area (Å²) in [7, 11) is 3.65. The van der Waals surface area contributed by atoms with E-state index in [1.54, 1.807) is 7.05 Å². The minimum Gasteiger partial charge on any atom is -0.357 e. The van der Waals surface area contributed by atoms with E-state index in [0.29, 0.717) is 17.9 Å². The topological polar surface area (TPSA) is 53.9 Å². The molecule has 0 saturated carbocycles. The summed E-state index contributed by atoms with van der Waals surface area (Å²) >= 11 is 5.75. The fourth-order valence-corrected chi connectivity index (χ4v) is 0.996. The molecule has 1 aromatic heterocycles. The maximum absolute atomic E-state index is 5.75. The molecule has 0 fully saturated rings. The molecule has 0 aliphatic rings. The average Bonchev–Trinajstić information content (AvgIpc) is 2.15. The van der Waals surface area contributed by atoms with Crippen molar-refractivity contribution in [2.75, 3.05) is 24.3 Å². The van der Waals surface area contributed by atoms with Crippen molar-refractivity contribution in [1.82, 2.24) is 15.0 Å². The highest BCUT2D eigenvalue weighted by molar-refractivity contribution is 6.28. The first-order valence-electron chi connectivity index (χ1n) is 4.36. The van der Waals surface area contributed by atoms with Gasteiger partial charge in [-0.2, -0.15) is 15.0 Å². The van der Waals surface area contributed by atoms with Crippen LogP contribution >= 0.6 is 11.6 Å². The van der Waals surface area contributed by atoms with Gasteiger partial charge in [0.15, 0.2) is 0 Å². The lowest BCUT2D eigenvalue weighted by atomic mass is 10.4. The van der Waals surface area contributed by atoms with Crippen molar-refractivity contribution in [1.29, 1.82) is 0 Å². The third kappa shape index (κ3) is 2.45. The Bertz CT molecular complexity index is 315. The fourth-order valence-electron chi connectivity index (χ4n) is 0.840. The van der Waals surface area contributed by atoms with Gasteiger partial charge in [0.2, 0.25) is 17.2 Å². The lowest BCUT2D eigenvalue weighted by Gasteiger charge is -2.21. The van der Waals surface area contributed by atoms with Crippen molar-refractivity contribution in [3.8, 4) is 0 Å². The first kappa shape index (κ1) is 11.0. The quantitative estimate of drug-likeness (QED) is 0.827. The number of hydrogen-bond acceptors (Lipinski definition) is 5. The molecule has 1 rings (SSSR count). The van der Waals surface area contributed by atoms with Crippen LogP contribution in [0.4, 0.5) is 11.9 Å². The molecule has 0 amide bonds. The molecule has 0 unspecified atom stereocenters. The van der Waals surface area contributed by atoms with E-state index < -0.39 is 0 Å². The first-order valence-corrected chi connectivity index (χ1v) is 4.74. The third-order valence-corrected chi connectivity index (χ3v) is 2.08. The molecule has 1 N–H and O–H groups in total. The van der Waals surface area contributed by atoms with Crippen LogP contribution < -0.4 is 10.2 Å². The molecule has 1 heterocycles. The Morgan fingerprint density at radius 2 is 1.93 bits per heavy atom. The summed E-state index contributed by atoms with van der Waals surface area (Å²) in [5, 5.41) is 3.03. The van der Waals surface area contributed by atoms with Gasteiger partial charge in [0.25, 0.3) is 0 Å². The van der Waals surface area contributed by atoms with Crippen LogP contribution in [0.15, 0.2) is 0 Å². The van der Waals surface area contributed by atoms with E-state index in [1.165, 1.54) is 0 Å². The van der Waals surface area contributed by atoms with Crippen molar-refractivity contribution in [2.45, 2.75) is 19.9 Å². The third-order valence-electron chi connectivity index (χ3n) is 1.91. The second-order valence-corrected chi connectivity index (χ2v) is 3.52. The largest absolute Gasteiger partial charge is 0.357 e. The second-order valence-electron chi connectivity index (χ2n) is 3.18. The normalized spacial score (nSPS) is 10.4. The molecule has 1 aromatic rings. The Morgan fingerprint density at radius 1 is 1.29 bits per heavy atom. The summed E-state index contributed by atoms with van der Waals surface area (Å²) in [4.78, 5) is 14.0. The van der Waals surface area contributed by atoms with Gasteiger partial charge < -0.3 is 10.2 Å². The zero-order valence-electron chi connectivity index (χ0n) is 8.74. The molecule has 6 heteroatoms. The van der Waals surface area contributed by atoms with Crippen molar-refractivity contribution in [3.05, 3.63) is 5.28 Å². The Kier molecular flexibility index (Phi) is 3.46. The van der Waals surface area contributed by atoms with Gasteiger partial charge in [-0.15, -0.1) is 0 Å². The highest BCUT2D eigenvalue weighted by Gasteiger charge is 2.10. The summed E-state index contributed by atoms with van der Waals surface area (Å²) in [6.45, 7) is 4.10. The van der Waals surface area contributed by atoms with Crippen LogP contribution in [0.3, 0.4) is 0 Å². The van der Waals surface area contributed by atoms with E-state index in [4.69, 9.17) is 11.6 Å². The summed E-state index contributed by atoms with van der Waals surface area (Å²) < 4.78 is 0. The summed E-state index contributed by atoms with van der Waals surface area (Å²) in [5.74, 6) is 1.05. The number of nitrogens with zero attached hydrogens (tertiary/aromatic N) is 4. The molecule has 0 aliphatic carbocycles. The first-order chi connectivity index (χ1) is 6.54. The molecule has 0 spiro atoms. The minimum atomic E-state index is 0.201. The Labute approximate surface area is 88.5 Å². The molecule has 0 radical (unpaired) electrons. The van der Waals surface area contributed by atoms with Crippen molar-refractivity contribution in [2.24, 2.45) is 0 Å². The molecule has 0 saturated heterocycles. The van der Waals surface area contributed by atoms with Gasteiger partial charge in [-0.05, 0) is 25.4 Å². The maximum atomic E-state index is 5.75. The summed E-state index contributed by atoms with van der Waals surface area (Å²) in [5.41, 5.74) is 0. The van der Waals surface area contributed by atoms with Gasteiger partial charge in [0.1, 0.15) is 0 Å². The number of anilines is 2. The molecule has 5 nitrogen and oxygen atoms in total. The highest BCUT2D eigenvalue weighted by atomic mass is 35.5. The lowest BCUT2D eigenvalue weighted by Crippen LogP contribution is -2.28. The van der Waals surface area contributed by atoms with Crippen LogP contribution in [0.25, 0.3) is 0 Å². The smallest absolute Gasteiger partial charge is 0.231 e. The number of aromatic nitrogens is 3. The Balaban J connectivity index is 3.02.